The molecule has 0 radical (unpaired) electrons. The standard InChI is InChI=1S/C19H20N2O3/c1-13(2)19(23)24-16-10-8-14(9-11-16)12-17(20)18(22)21-15-6-4-3-5-7-15/h3-11,17H,1,12,20H2,2H3,(H,21,22)/t17-/m1/s1. The molecule has 124 valence electrons. The highest BCUT2D eigenvalue weighted by molar-refractivity contribution is 5.94. The van der Waals surface area contributed by atoms with Crippen molar-refractivity contribution in [1.82, 2.24) is 0 Å². The first kappa shape index (κ1) is 17.4. The molecule has 0 aromatic heterocycles. The average Bonchev–Trinajstić information content (AvgIpc) is 2.57. The Balaban J connectivity index is 1.91. The van der Waals surface area contributed by atoms with Crippen LogP contribution in [0.15, 0.2) is 66.7 Å². The molecule has 0 saturated heterocycles. The minimum atomic E-state index is -0.672. The maximum Gasteiger partial charge on any atom is 0.338 e. The first-order chi connectivity index (χ1) is 11.5. The van der Waals surface area contributed by atoms with Crippen molar-refractivity contribution in [3.05, 3.63) is 72.3 Å². The van der Waals surface area contributed by atoms with Crippen molar-refractivity contribution in [2.75, 3.05) is 5.32 Å². The van der Waals surface area contributed by atoms with Crippen LogP contribution in [-0.4, -0.2) is 17.9 Å². The number of rotatable bonds is 6. The van der Waals surface area contributed by atoms with Crippen LogP contribution in [0.25, 0.3) is 0 Å². The van der Waals surface area contributed by atoms with E-state index in [-0.39, 0.29) is 5.91 Å². The topological polar surface area (TPSA) is 81.4 Å². The zero-order valence-corrected chi connectivity index (χ0v) is 13.5. The number of amides is 1. The van der Waals surface area contributed by atoms with Gasteiger partial charge in [0, 0.05) is 11.3 Å². The van der Waals surface area contributed by atoms with E-state index < -0.39 is 12.0 Å². The number of para-hydroxylation sites is 1. The van der Waals surface area contributed by atoms with Crippen LogP contribution in [0.4, 0.5) is 5.69 Å². The number of ether oxygens (including phenoxy) is 1. The van der Waals surface area contributed by atoms with Gasteiger partial charge in [-0.05, 0) is 43.2 Å². The minimum Gasteiger partial charge on any atom is -0.423 e. The molecule has 2 aromatic rings. The quantitative estimate of drug-likeness (QED) is 0.486. The second-order valence-corrected chi connectivity index (χ2v) is 5.48. The minimum absolute atomic E-state index is 0.251. The first-order valence-electron chi connectivity index (χ1n) is 7.54. The SMILES string of the molecule is C=C(C)C(=O)Oc1ccc(C[C@@H](N)C(=O)Nc2ccccc2)cc1. The highest BCUT2D eigenvalue weighted by atomic mass is 16.5. The van der Waals surface area contributed by atoms with Gasteiger partial charge in [-0.2, -0.15) is 0 Å². The number of hydrogen-bond donors (Lipinski definition) is 2. The summed E-state index contributed by atoms with van der Waals surface area (Å²) in [7, 11) is 0. The molecule has 24 heavy (non-hydrogen) atoms. The lowest BCUT2D eigenvalue weighted by Crippen LogP contribution is -2.37. The van der Waals surface area contributed by atoms with Gasteiger partial charge in [-0.1, -0.05) is 36.9 Å². The number of hydrogen-bond acceptors (Lipinski definition) is 4. The summed E-state index contributed by atoms with van der Waals surface area (Å²) in [5.41, 5.74) is 7.86. The number of anilines is 1. The molecule has 1 amide bonds. The Bertz CT molecular complexity index is 724. The highest BCUT2D eigenvalue weighted by Crippen LogP contribution is 2.15. The summed E-state index contributed by atoms with van der Waals surface area (Å²) in [6.07, 6.45) is 0.382. The van der Waals surface area contributed by atoms with E-state index in [0.717, 1.165) is 5.56 Å². The lowest BCUT2D eigenvalue weighted by atomic mass is 10.1. The third kappa shape index (κ3) is 5.07. The van der Waals surface area contributed by atoms with Crippen molar-refractivity contribution in [2.45, 2.75) is 19.4 Å². The molecule has 0 saturated carbocycles. The van der Waals surface area contributed by atoms with Gasteiger partial charge in [-0.25, -0.2) is 4.79 Å². The van der Waals surface area contributed by atoms with Gasteiger partial charge in [0.1, 0.15) is 5.75 Å². The predicted octanol–water partition coefficient (Wildman–Crippen LogP) is 2.68. The summed E-state index contributed by atoms with van der Waals surface area (Å²) in [5, 5.41) is 2.77. The summed E-state index contributed by atoms with van der Waals surface area (Å²) >= 11 is 0. The van der Waals surface area contributed by atoms with E-state index in [1.165, 1.54) is 0 Å². The van der Waals surface area contributed by atoms with Crippen molar-refractivity contribution >= 4 is 17.6 Å². The normalized spacial score (nSPS) is 11.4. The van der Waals surface area contributed by atoms with Crippen LogP contribution in [0.5, 0.6) is 5.75 Å². The molecule has 5 nitrogen and oxygen atoms in total. The van der Waals surface area contributed by atoms with E-state index in [4.69, 9.17) is 10.5 Å². The smallest absolute Gasteiger partial charge is 0.338 e. The average molecular weight is 324 g/mol. The fourth-order valence-corrected chi connectivity index (χ4v) is 1.99. The molecule has 0 bridgehead atoms. The molecule has 0 aliphatic rings. The maximum absolute atomic E-state index is 12.1. The summed E-state index contributed by atoms with van der Waals surface area (Å²) in [4.78, 5) is 23.5. The first-order valence-corrected chi connectivity index (χ1v) is 7.54. The van der Waals surface area contributed by atoms with Crippen molar-refractivity contribution in [3.63, 3.8) is 0 Å². The molecule has 0 spiro atoms. The Labute approximate surface area is 141 Å². The van der Waals surface area contributed by atoms with E-state index in [1.807, 2.05) is 18.2 Å². The molecule has 2 rings (SSSR count). The van der Waals surface area contributed by atoms with Gasteiger partial charge in [-0.15, -0.1) is 0 Å². The van der Waals surface area contributed by atoms with Crippen LogP contribution in [0.1, 0.15) is 12.5 Å². The van der Waals surface area contributed by atoms with Crippen LogP contribution in [0.3, 0.4) is 0 Å². The van der Waals surface area contributed by atoms with Crippen LogP contribution in [0.2, 0.25) is 0 Å². The van der Waals surface area contributed by atoms with Gasteiger partial charge in [0.2, 0.25) is 5.91 Å². The van der Waals surface area contributed by atoms with Gasteiger partial charge < -0.3 is 15.8 Å². The molecular weight excluding hydrogens is 304 g/mol. The number of carbonyl (C=O) groups is 2. The maximum atomic E-state index is 12.1. The molecule has 0 aliphatic carbocycles. The second kappa shape index (κ2) is 8.08. The fourth-order valence-electron chi connectivity index (χ4n) is 1.99. The molecule has 0 fully saturated rings. The van der Waals surface area contributed by atoms with Gasteiger partial charge in [0.25, 0.3) is 0 Å². The third-order valence-corrected chi connectivity index (χ3v) is 3.32. The molecule has 1 atom stereocenters. The van der Waals surface area contributed by atoms with Crippen molar-refractivity contribution in [1.29, 1.82) is 0 Å². The third-order valence-electron chi connectivity index (χ3n) is 3.32. The lowest BCUT2D eigenvalue weighted by molar-refractivity contribution is -0.130. The number of esters is 1. The summed E-state index contributed by atoms with van der Waals surface area (Å²) in [6, 6.07) is 15.4. The van der Waals surface area contributed by atoms with Crippen LogP contribution >= 0.6 is 0 Å². The van der Waals surface area contributed by atoms with E-state index in [9.17, 15) is 9.59 Å². The van der Waals surface area contributed by atoms with Crippen LogP contribution in [-0.2, 0) is 16.0 Å². The molecule has 2 aromatic carbocycles. The summed E-state index contributed by atoms with van der Waals surface area (Å²) in [5.74, 6) is -0.297. The molecule has 5 heteroatoms. The van der Waals surface area contributed by atoms with Gasteiger partial charge >= 0.3 is 5.97 Å². The Morgan fingerprint density at radius 1 is 1.12 bits per heavy atom. The molecule has 0 heterocycles. The monoisotopic (exact) mass is 324 g/mol. The zero-order chi connectivity index (χ0) is 17.5. The van der Waals surface area contributed by atoms with Crippen molar-refractivity contribution in [3.8, 4) is 5.75 Å². The van der Waals surface area contributed by atoms with Crippen molar-refractivity contribution in [2.24, 2.45) is 5.73 Å². The van der Waals surface area contributed by atoms with Crippen LogP contribution in [0, 0.1) is 0 Å². The van der Waals surface area contributed by atoms with E-state index in [1.54, 1.807) is 43.3 Å². The summed E-state index contributed by atoms with van der Waals surface area (Å²) in [6.45, 7) is 5.11. The van der Waals surface area contributed by atoms with Gasteiger partial charge in [0.05, 0.1) is 6.04 Å². The molecule has 3 N–H and O–H groups in total. The van der Waals surface area contributed by atoms with Gasteiger partial charge in [0.15, 0.2) is 0 Å². The molecule has 0 unspecified atom stereocenters. The Hall–Kier alpha value is -2.92. The van der Waals surface area contributed by atoms with E-state index in [2.05, 4.69) is 11.9 Å². The zero-order valence-electron chi connectivity index (χ0n) is 13.5. The predicted molar refractivity (Wildman–Crippen MR) is 93.6 cm³/mol. The van der Waals surface area contributed by atoms with E-state index in [0.29, 0.717) is 23.4 Å². The number of nitrogens with two attached hydrogens (primary N) is 1. The largest absolute Gasteiger partial charge is 0.423 e. The van der Waals surface area contributed by atoms with E-state index >= 15 is 0 Å². The second-order valence-electron chi connectivity index (χ2n) is 5.48. The Morgan fingerprint density at radius 3 is 2.33 bits per heavy atom. The number of carbonyl (C=O) groups excluding carboxylic acids is 2. The number of nitrogens with one attached hydrogen (secondary N) is 1. The Morgan fingerprint density at radius 2 is 1.75 bits per heavy atom. The van der Waals surface area contributed by atoms with Crippen molar-refractivity contribution < 1.29 is 14.3 Å². The molecule has 0 aliphatic heterocycles. The highest BCUT2D eigenvalue weighted by Gasteiger charge is 2.14. The summed E-state index contributed by atoms with van der Waals surface area (Å²) < 4.78 is 5.11. The van der Waals surface area contributed by atoms with Crippen LogP contribution < -0.4 is 15.8 Å². The Kier molecular flexibility index (Phi) is 5.87. The lowest BCUT2D eigenvalue weighted by Gasteiger charge is -2.12. The fraction of sp³-hybridized carbons (Fsp3) is 0.158. The molecular formula is C19H20N2O3. The number of benzene rings is 2. The van der Waals surface area contributed by atoms with Gasteiger partial charge in [-0.3, -0.25) is 4.79 Å².